The highest BCUT2D eigenvalue weighted by molar-refractivity contribution is 5.81. The van der Waals surface area contributed by atoms with Crippen molar-refractivity contribution in [3.05, 3.63) is 18.0 Å². The highest BCUT2D eigenvalue weighted by Gasteiger charge is 2.21. The Labute approximate surface area is 117 Å². The molecule has 0 fully saturated rings. The van der Waals surface area contributed by atoms with Crippen molar-refractivity contribution in [2.45, 2.75) is 39.2 Å². The van der Waals surface area contributed by atoms with Gasteiger partial charge in [0.1, 0.15) is 12.4 Å². The first-order chi connectivity index (χ1) is 9.78. The first-order valence-electron chi connectivity index (χ1n) is 6.95. The largest absolute Gasteiger partial charge is 0.454 e. The SMILES string of the molecule is CCC(CC)c1nc2cc3c(cc2n1CC#N)OCO3. The van der Waals surface area contributed by atoms with E-state index in [2.05, 4.69) is 19.9 Å². The molecule has 0 aliphatic carbocycles. The number of nitrogens with zero attached hydrogens (tertiary/aromatic N) is 3. The molecular weight excluding hydrogens is 254 g/mol. The zero-order valence-corrected chi connectivity index (χ0v) is 11.7. The first kappa shape index (κ1) is 12.8. The summed E-state index contributed by atoms with van der Waals surface area (Å²) >= 11 is 0. The molecule has 1 aliphatic rings. The molecule has 0 saturated carbocycles. The normalized spacial score (nSPS) is 13.1. The number of hydrogen-bond acceptors (Lipinski definition) is 4. The second-order valence-electron chi connectivity index (χ2n) is 4.92. The molecule has 104 valence electrons. The van der Waals surface area contributed by atoms with Crippen molar-refractivity contribution >= 4 is 11.0 Å². The van der Waals surface area contributed by atoms with E-state index >= 15 is 0 Å². The van der Waals surface area contributed by atoms with E-state index in [9.17, 15) is 0 Å². The smallest absolute Gasteiger partial charge is 0.231 e. The first-order valence-corrected chi connectivity index (χ1v) is 6.95. The van der Waals surface area contributed by atoms with Crippen LogP contribution in [0.5, 0.6) is 11.5 Å². The lowest BCUT2D eigenvalue weighted by atomic mass is 10.0. The van der Waals surface area contributed by atoms with E-state index in [-0.39, 0.29) is 6.79 Å². The number of hydrogen-bond donors (Lipinski definition) is 0. The topological polar surface area (TPSA) is 60.1 Å². The molecule has 20 heavy (non-hydrogen) atoms. The van der Waals surface area contributed by atoms with E-state index in [1.165, 1.54) is 0 Å². The van der Waals surface area contributed by atoms with Crippen molar-refractivity contribution in [2.24, 2.45) is 0 Å². The molecule has 0 N–H and O–H groups in total. The highest BCUT2D eigenvalue weighted by atomic mass is 16.7. The summed E-state index contributed by atoms with van der Waals surface area (Å²) in [6, 6.07) is 6.05. The number of imidazole rings is 1. The van der Waals surface area contributed by atoms with E-state index in [4.69, 9.17) is 19.7 Å². The number of ether oxygens (including phenoxy) is 2. The Hall–Kier alpha value is -2.22. The number of fused-ring (bicyclic) bond motifs is 2. The predicted octanol–water partition coefficient (Wildman–Crippen LogP) is 3.19. The van der Waals surface area contributed by atoms with Crippen LogP contribution in [0.1, 0.15) is 38.4 Å². The minimum Gasteiger partial charge on any atom is -0.454 e. The Kier molecular flexibility index (Phi) is 3.23. The third-order valence-electron chi connectivity index (χ3n) is 3.85. The van der Waals surface area contributed by atoms with Gasteiger partial charge in [-0.1, -0.05) is 13.8 Å². The fourth-order valence-electron chi connectivity index (χ4n) is 2.74. The van der Waals surface area contributed by atoms with Crippen LogP contribution in [0.4, 0.5) is 0 Å². The Balaban J connectivity index is 2.20. The molecule has 2 aromatic rings. The van der Waals surface area contributed by atoms with Crippen LogP contribution in [0.2, 0.25) is 0 Å². The highest BCUT2D eigenvalue weighted by Crippen LogP contribution is 2.37. The summed E-state index contributed by atoms with van der Waals surface area (Å²) in [6.07, 6.45) is 2.02. The van der Waals surface area contributed by atoms with Gasteiger partial charge < -0.3 is 14.0 Å². The number of benzene rings is 1. The molecule has 3 rings (SSSR count). The van der Waals surface area contributed by atoms with Crippen molar-refractivity contribution in [2.75, 3.05) is 6.79 Å². The van der Waals surface area contributed by atoms with Gasteiger partial charge in [-0.25, -0.2) is 4.98 Å². The molecular formula is C15H17N3O2. The third kappa shape index (κ3) is 1.88. The van der Waals surface area contributed by atoms with E-state index < -0.39 is 0 Å². The standard InChI is InChI=1S/C15H17N3O2/c1-3-10(4-2)15-17-11-7-13-14(20-9-19-13)8-12(11)18(15)6-5-16/h7-8,10H,3-4,6,9H2,1-2H3. The summed E-state index contributed by atoms with van der Waals surface area (Å²) in [7, 11) is 0. The fraction of sp³-hybridized carbons (Fsp3) is 0.467. The maximum absolute atomic E-state index is 9.09. The van der Waals surface area contributed by atoms with E-state index in [1.807, 2.05) is 16.7 Å². The molecule has 1 aliphatic heterocycles. The number of aromatic nitrogens is 2. The van der Waals surface area contributed by atoms with Crippen LogP contribution in [0, 0.1) is 11.3 Å². The Morgan fingerprint density at radius 3 is 2.65 bits per heavy atom. The van der Waals surface area contributed by atoms with Crippen LogP contribution >= 0.6 is 0 Å². The third-order valence-corrected chi connectivity index (χ3v) is 3.85. The van der Waals surface area contributed by atoms with Crippen LogP contribution < -0.4 is 9.47 Å². The zero-order chi connectivity index (χ0) is 14.1. The molecule has 2 heterocycles. The summed E-state index contributed by atoms with van der Waals surface area (Å²) in [5.41, 5.74) is 1.81. The van der Waals surface area contributed by atoms with E-state index in [1.54, 1.807) is 0 Å². The predicted molar refractivity (Wildman–Crippen MR) is 74.8 cm³/mol. The van der Waals surface area contributed by atoms with Crippen LogP contribution in [0.15, 0.2) is 12.1 Å². The number of rotatable bonds is 4. The van der Waals surface area contributed by atoms with Crippen molar-refractivity contribution in [1.29, 1.82) is 5.26 Å². The van der Waals surface area contributed by atoms with Crippen LogP contribution in [-0.4, -0.2) is 16.3 Å². The second-order valence-corrected chi connectivity index (χ2v) is 4.92. The Morgan fingerprint density at radius 1 is 1.30 bits per heavy atom. The summed E-state index contributed by atoms with van der Waals surface area (Å²) < 4.78 is 12.8. The lowest BCUT2D eigenvalue weighted by Gasteiger charge is -2.13. The van der Waals surface area contributed by atoms with Gasteiger partial charge >= 0.3 is 0 Å². The van der Waals surface area contributed by atoms with Crippen LogP contribution in [0.3, 0.4) is 0 Å². The van der Waals surface area contributed by atoms with Gasteiger partial charge in [0.2, 0.25) is 6.79 Å². The molecule has 0 spiro atoms. The molecule has 0 atom stereocenters. The van der Waals surface area contributed by atoms with Gasteiger partial charge in [0.25, 0.3) is 0 Å². The quantitative estimate of drug-likeness (QED) is 0.856. The number of nitriles is 1. The Morgan fingerprint density at radius 2 is 2.00 bits per heavy atom. The monoisotopic (exact) mass is 271 g/mol. The zero-order valence-electron chi connectivity index (χ0n) is 11.7. The lowest BCUT2D eigenvalue weighted by molar-refractivity contribution is 0.174. The summed E-state index contributed by atoms with van der Waals surface area (Å²) in [6.45, 7) is 4.86. The minimum atomic E-state index is 0.250. The molecule has 1 aromatic heterocycles. The second kappa shape index (κ2) is 5.04. The molecule has 1 aromatic carbocycles. The Bertz CT molecular complexity index is 680. The lowest BCUT2D eigenvalue weighted by Crippen LogP contribution is -2.07. The maximum Gasteiger partial charge on any atom is 0.231 e. The van der Waals surface area contributed by atoms with Gasteiger partial charge in [-0.15, -0.1) is 0 Å². The van der Waals surface area contributed by atoms with Gasteiger partial charge in [0.15, 0.2) is 11.5 Å². The molecule has 0 unspecified atom stereocenters. The van der Waals surface area contributed by atoms with Crippen molar-refractivity contribution in [3.63, 3.8) is 0 Å². The summed E-state index contributed by atoms with van der Waals surface area (Å²) in [4.78, 5) is 4.73. The summed E-state index contributed by atoms with van der Waals surface area (Å²) in [5.74, 6) is 2.81. The average molecular weight is 271 g/mol. The van der Waals surface area contributed by atoms with Crippen molar-refractivity contribution in [1.82, 2.24) is 9.55 Å². The van der Waals surface area contributed by atoms with Gasteiger partial charge in [0, 0.05) is 18.1 Å². The molecule has 0 radical (unpaired) electrons. The van der Waals surface area contributed by atoms with E-state index in [0.29, 0.717) is 12.5 Å². The maximum atomic E-state index is 9.09. The van der Waals surface area contributed by atoms with Crippen LogP contribution in [-0.2, 0) is 6.54 Å². The van der Waals surface area contributed by atoms with Gasteiger partial charge in [-0.2, -0.15) is 5.26 Å². The fourth-order valence-corrected chi connectivity index (χ4v) is 2.74. The average Bonchev–Trinajstić information content (AvgIpc) is 3.03. The molecule has 5 heteroatoms. The van der Waals surface area contributed by atoms with Gasteiger partial charge in [-0.3, -0.25) is 0 Å². The van der Waals surface area contributed by atoms with Crippen molar-refractivity contribution < 1.29 is 9.47 Å². The van der Waals surface area contributed by atoms with Crippen molar-refractivity contribution in [3.8, 4) is 17.6 Å². The molecule has 5 nitrogen and oxygen atoms in total. The minimum absolute atomic E-state index is 0.250. The molecule has 0 amide bonds. The van der Waals surface area contributed by atoms with Crippen LogP contribution in [0.25, 0.3) is 11.0 Å². The summed E-state index contributed by atoms with van der Waals surface area (Å²) in [5, 5.41) is 9.09. The van der Waals surface area contributed by atoms with Gasteiger partial charge in [0.05, 0.1) is 17.1 Å². The molecule has 0 saturated heterocycles. The van der Waals surface area contributed by atoms with E-state index in [0.717, 1.165) is 41.2 Å². The molecule has 0 bridgehead atoms. The van der Waals surface area contributed by atoms with Gasteiger partial charge in [-0.05, 0) is 12.8 Å².